The molecule has 1 saturated carbocycles. The molecule has 0 amide bonds. The molecule has 80 valence electrons. The van der Waals surface area contributed by atoms with Crippen LogP contribution in [0.5, 0.6) is 0 Å². The van der Waals surface area contributed by atoms with Gasteiger partial charge in [-0.3, -0.25) is 4.79 Å². The van der Waals surface area contributed by atoms with Gasteiger partial charge < -0.3 is 0 Å². The molecule has 1 aromatic carbocycles. The SMILES string of the molecule is CC1(c2cccc(Br)c2F)CCC(=O)C1. The monoisotopic (exact) mass is 270 g/mol. The molecule has 3 heteroatoms. The van der Waals surface area contributed by atoms with Crippen molar-refractivity contribution in [1.29, 1.82) is 0 Å². The maximum Gasteiger partial charge on any atom is 0.141 e. The number of carbonyl (C=O) groups excluding carboxylic acids is 1. The predicted octanol–water partition coefficient (Wildman–Crippen LogP) is 3.60. The molecule has 1 aliphatic carbocycles. The maximum atomic E-state index is 13.9. The van der Waals surface area contributed by atoms with Crippen molar-refractivity contribution in [3.05, 3.63) is 34.1 Å². The average Bonchev–Trinajstić information content (AvgIpc) is 2.52. The molecule has 1 nitrogen and oxygen atoms in total. The Morgan fingerprint density at radius 3 is 2.80 bits per heavy atom. The zero-order valence-electron chi connectivity index (χ0n) is 8.52. The van der Waals surface area contributed by atoms with Crippen molar-refractivity contribution in [2.45, 2.75) is 31.6 Å². The van der Waals surface area contributed by atoms with Gasteiger partial charge in [0.15, 0.2) is 0 Å². The molecule has 1 fully saturated rings. The molecule has 1 atom stereocenters. The lowest BCUT2D eigenvalue weighted by Gasteiger charge is -2.24. The minimum Gasteiger partial charge on any atom is -0.300 e. The van der Waals surface area contributed by atoms with Crippen LogP contribution in [-0.4, -0.2) is 5.78 Å². The molecule has 0 N–H and O–H groups in total. The normalized spacial score (nSPS) is 25.9. The molecule has 0 aliphatic heterocycles. The van der Waals surface area contributed by atoms with Crippen molar-refractivity contribution in [3.8, 4) is 0 Å². The zero-order valence-corrected chi connectivity index (χ0v) is 10.1. The van der Waals surface area contributed by atoms with Crippen molar-refractivity contribution < 1.29 is 9.18 Å². The van der Waals surface area contributed by atoms with Gasteiger partial charge in [0, 0.05) is 18.3 Å². The van der Waals surface area contributed by atoms with Crippen molar-refractivity contribution in [2.24, 2.45) is 0 Å². The summed E-state index contributed by atoms with van der Waals surface area (Å²) in [5.41, 5.74) is 0.341. The topological polar surface area (TPSA) is 17.1 Å². The van der Waals surface area contributed by atoms with Gasteiger partial charge >= 0.3 is 0 Å². The highest BCUT2D eigenvalue weighted by molar-refractivity contribution is 9.10. The van der Waals surface area contributed by atoms with E-state index >= 15 is 0 Å². The number of ketones is 1. The maximum absolute atomic E-state index is 13.9. The summed E-state index contributed by atoms with van der Waals surface area (Å²) in [5.74, 6) is 0.00609. The van der Waals surface area contributed by atoms with Crippen LogP contribution < -0.4 is 0 Å². The van der Waals surface area contributed by atoms with E-state index < -0.39 is 0 Å². The van der Waals surface area contributed by atoms with Crippen LogP contribution in [0.25, 0.3) is 0 Å². The summed E-state index contributed by atoms with van der Waals surface area (Å²) >= 11 is 3.17. The Bertz CT molecular complexity index is 416. The van der Waals surface area contributed by atoms with E-state index in [0.29, 0.717) is 22.9 Å². The van der Waals surface area contributed by atoms with E-state index in [1.54, 1.807) is 12.1 Å². The molecule has 0 radical (unpaired) electrons. The van der Waals surface area contributed by atoms with Crippen LogP contribution in [-0.2, 0) is 10.2 Å². The Morgan fingerprint density at radius 2 is 2.20 bits per heavy atom. The number of hydrogen-bond donors (Lipinski definition) is 0. The summed E-state index contributed by atoms with van der Waals surface area (Å²) in [5, 5.41) is 0. The van der Waals surface area contributed by atoms with Crippen LogP contribution in [0.15, 0.2) is 22.7 Å². The van der Waals surface area contributed by atoms with Crippen molar-refractivity contribution in [2.75, 3.05) is 0 Å². The van der Waals surface area contributed by atoms with E-state index in [1.165, 1.54) is 0 Å². The van der Waals surface area contributed by atoms with Crippen LogP contribution in [0.4, 0.5) is 4.39 Å². The molecule has 0 bridgehead atoms. The first-order valence-corrected chi connectivity index (χ1v) is 5.78. The lowest BCUT2D eigenvalue weighted by molar-refractivity contribution is -0.117. The third kappa shape index (κ3) is 1.85. The summed E-state index contributed by atoms with van der Waals surface area (Å²) in [6.45, 7) is 1.96. The van der Waals surface area contributed by atoms with Crippen molar-refractivity contribution in [1.82, 2.24) is 0 Å². The Labute approximate surface area is 96.8 Å². The standard InChI is InChI=1S/C12H12BrFO/c1-12(6-5-8(15)7-12)9-3-2-4-10(13)11(9)14/h2-4H,5-7H2,1H3. The van der Waals surface area contributed by atoms with E-state index in [-0.39, 0.29) is 17.0 Å². The molecular weight excluding hydrogens is 259 g/mol. The Hall–Kier alpha value is -0.700. The summed E-state index contributed by atoms with van der Waals surface area (Å²) in [7, 11) is 0. The van der Waals surface area contributed by atoms with Crippen LogP contribution in [0.2, 0.25) is 0 Å². The van der Waals surface area contributed by atoms with Gasteiger partial charge in [-0.2, -0.15) is 0 Å². The van der Waals surface area contributed by atoms with E-state index in [4.69, 9.17) is 0 Å². The third-order valence-corrected chi connectivity index (χ3v) is 3.76. The smallest absolute Gasteiger partial charge is 0.141 e. The highest BCUT2D eigenvalue weighted by Crippen LogP contribution is 2.41. The lowest BCUT2D eigenvalue weighted by Crippen LogP contribution is -2.19. The quantitative estimate of drug-likeness (QED) is 0.762. The van der Waals surface area contributed by atoms with Gasteiger partial charge in [-0.15, -0.1) is 0 Å². The van der Waals surface area contributed by atoms with Crippen molar-refractivity contribution in [3.63, 3.8) is 0 Å². The number of rotatable bonds is 1. The Morgan fingerprint density at radius 1 is 1.47 bits per heavy atom. The summed E-state index contributed by atoms with van der Waals surface area (Å²) in [6, 6.07) is 5.27. The number of benzene rings is 1. The van der Waals surface area contributed by atoms with Gasteiger partial charge in [0.05, 0.1) is 4.47 Å². The highest BCUT2D eigenvalue weighted by atomic mass is 79.9. The fourth-order valence-corrected chi connectivity index (χ4v) is 2.59. The van der Waals surface area contributed by atoms with Crippen molar-refractivity contribution >= 4 is 21.7 Å². The second-order valence-electron chi connectivity index (χ2n) is 4.38. The van der Waals surface area contributed by atoms with Crippen LogP contribution in [0, 0.1) is 5.82 Å². The first-order valence-electron chi connectivity index (χ1n) is 4.99. The number of Topliss-reactive ketones (excluding diaryl/α,β-unsaturated/α-hetero) is 1. The average molecular weight is 271 g/mol. The second-order valence-corrected chi connectivity index (χ2v) is 5.23. The first kappa shape index (κ1) is 10.8. The van der Waals surface area contributed by atoms with Gasteiger partial charge in [-0.05, 0) is 34.0 Å². The minimum absolute atomic E-state index is 0.227. The van der Waals surface area contributed by atoms with Gasteiger partial charge in [-0.1, -0.05) is 19.1 Å². The zero-order chi connectivity index (χ0) is 11.1. The minimum atomic E-state index is -0.315. The van der Waals surface area contributed by atoms with E-state index in [1.807, 2.05) is 13.0 Å². The molecule has 1 aromatic rings. The fourth-order valence-electron chi connectivity index (χ4n) is 2.23. The first-order chi connectivity index (χ1) is 7.03. The summed E-state index contributed by atoms with van der Waals surface area (Å²) < 4.78 is 14.3. The highest BCUT2D eigenvalue weighted by Gasteiger charge is 2.37. The molecule has 15 heavy (non-hydrogen) atoms. The Kier molecular flexibility index (Phi) is 2.67. The van der Waals surface area contributed by atoms with Crippen LogP contribution in [0.3, 0.4) is 0 Å². The van der Waals surface area contributed by atoms with E-state index in [2.05, 4.69) is 15.9 Å². The number of hydrogen-bond acceptors (Lipinski definition) is 1. The molecule has 1 aliphatic rings. The van der Waals surface area contributed by atoms with Crippen LogP contribution in [0.1, 0.15) is 31.7 Å². The lowest BCUT2D eigenvalue weighted by atomic mass is 9.81. The number of halogens is 2. The molecule has 1 unspecified atom stereocenters. The van der Waals surface area contributed by atoms with Gasteiger partial charge in [0.25, 0.3) is 0 Å². The predicted molar refractivity (Wildman–Crippen MR) is 60.3 cm³/mol. The molecular formula is C12H12BrFO. The molecule has 0 spiro atoms. The largest absolute Gasteiger partial charge is 0.300 e. The van der Waals surface area contributed by atoms with E-state index in [9.17, 15) is 9.18 Å². The van der Waals surface area contributed by atoms with E-state index in [0.717, 1.165) is 6.42 Å². The summed E-state index contributed by atoms with van der Waals surface area (Å²) in [6.07, 6.45) is 1.78. The van der Waals surface area contributed by atoms with Gasteiger partial charge in [-0.25, -0.2) is 4.39 Å². The third-order valence-electron chi connectivity index (χ3n) is 3.14. The van der Waals surface area contributed by atoms with Crippen LogP contribution >= 0.6 is 15.9 Å². The summed E-state index contributed by atoms with van der Waals surface area (Å²) in [4.78, 5) is 11.3. The Balaban J connectivity index is 2.45. The molecule has 0 aromatic heterocycles. The molecule has 0 saturated heterocycles. The second kappa shape index (κ2) is 3.71. The van der Waals surface area contributed by atoms with Gasteiger partial charge in [0.2, 0.25) is 0 Å². The van der Waals surface area contributed by atoms with Gasteiger partial charge in [0.1, 0.15) is 11.6 Å². The number of carbonyl (C=O) groups is 1. The molecule has 2 rings (SSSR count). The fraction of sp³-hybridized carbons (Fsp3) is 0.417. The molecule has 0 heterocycles.